The maximum atomic E-state index is 11.6. The van der Waals surface area contributed by atoms with Gasteiger partial charge in [0.1, 0.15) is 0 Å². The molecule has 0 radical (unpaired) electrons. The number of carbonyl (C=O) groups excluding carboxylic acids is 2. The summed E-state index contributed by atoms with van der Waals surface area (Å²) in [6.07, 6.45) is 4.95. The maximum Gasteiger partial charge on any atom is 0.239 e. The van der Waals surface area contributed by atoms with Crippen molar-refractivity contribution >= 4 is 11.8 Å². The maximum absolute atomic E-state index is 11.6. The summed E-state index contributed by atoms with van der Waals surface area (Å²) in [6.45, 7) is 5.80. The van der Waals surface area contributed by atoms with Crippen LogP contribution in [0.1, 0.15) is 12.5 Å². The molecule has 96 valence electrons. The zero-order valence-corrected chi connectivity index (χ0v) is 10.4. The average molecular weight is 247 g/mol. The number of nitrogens with zero attached hydrogens (tertiary/aromatic N) is 2. The lowest BCUT2D eigenvalue weighted by Crippen LogP contribution is -2.39. The molecule has 1 N–H and O–H groups in total. The van der Waals surface area contributed by atoms with Gasteiger partial charge in [0.2, 0.25) is 11.8 Å². The van der Waals surface area contributed by atoms with E-state index in [1.807, 2.05) is 6.07 Å². The fourth-order valence-corrected chi connectivity index (χ4v) is 1.39. The van der Waals surface area contributed by atoms with E-state index in [1.165, 1.54) is 11.8 Å². The summed E-state index contributed by atoms with van der Waals surface area (Å²) in [6, 6.07) is 3.68. The number of amides is 2. The van der Waals surface area contributed by atoms with Crippen molar-refractivity contribution in [1.29, 1.82) is 0 Å². The zero-order valence-electron chi connectivity index (χ0n) is 10.4. The van der Waals surface area contributed by atoms with Crippen molar-refractivity contribution in [3.8, 4) is 0 Å². The van der Waals surface area contributed by atoms with E-state index >= 15 is 0 Å². The van der Waals surface area contributed by atoms with Crippen LogP contribution in [0.15, 0.2) is 37.2 Å². The predicted octanol–water partition coefficient (Wildman–Crippen LogP) is 0.732. The van der Waals surface area contributed by atoms with Gasteiger partial charge in [0.15, 0.2) is 0 Å². The highest BCUT2D eigenvalue weighted by Gasteiger charge is 2.11. The fraction of sp³-hybridized carbons (Fsp3) is 0.308. The largest absolute Gasteiger partial charge is 0.350 e. The Bertz CT molecular complexity index is 418. The monoisotopic (exact) mass is 247 g/mol. The molecule has 0 saturated carbocycles. The molecule has 2 amide bonds. The molecule has 0 aliphatic carbocycles. The lowest BCUT2D eigenvalue weighted by molar-refractivity contribution is -0.133. The molecule has 18 heavy (non-hydrogen) atoms. The van der Waals surface area contributed by atoms with Gasteiger partial charge in [-0.3, -0.25) is 14.6 Å². The summed E-state index contributed by atoms with van der Waals surface area (Å²) in [7, 11) is 0. The van der Waals surface area contributed by atoms with Gasteiger partial charge in [-0.25, -0.2) is 0 Å². The molecule has 1 rings (SSSR count). The van der Waals surface area contributed by atoms with Gasteiger partial charge in [-0.1, -0.05) is 12.1 Å². The van der Waals surface area contributed by atoms with Gasteiger partial charge in [0.25, 0.3) is 0 Å². The summed E-state index contributed by atoms with van der Waals surface area (Å²) in [5.74, 6) is -0.345. The number of hydrogen-bond donors (Lipinski definition) is 1. The summed E-state index contributed by atoms with van der Waals surface area (Å²) < 4.78 is 0. The number of aromatic nitrogens is 1. The first-order valence-electron chi connectivity index (χ1n) is 5.65. The lowest BCUT2D eigenvalue weighted by Gasteiger charge is -2.18. The molecule has 0 aromatic carbocycles. The number of nitrogens with one attached hydrogen (secondary N) is 1. The topological polar surface area (TPSA) is 62.3 Å². The number of pyridine rings is 1. The quantitative estimate of drug-likeness (QED) is 0.754. The molecule has 1 heterocycles. The molecule has 0 bridgehead atoms. The Morgan fingerprint density at radius 2 is 2.33 bits per heavy atom. The van der Waals surface area contributed by atoms with Crippen LogP contribution in [0.2, 0.25) is 0 Å². The van der Waals surface area contributed by atoms with Gasteiger partial charge in [-0.2, -0.15) is 0 Å². The first-order valence-corrected chi connectivity index (χ1v) is 5.65. The molecular weight excluding hydrogens is 230 g/mol. The number of carbonyl (C=O) groups is 2. The molecule has 0 atom stereocenters. The lowest BCUT2D eigenvalue weighted by atomic mass is 10.3. The van der Waals surface area contributed by atoms with Crippen molar-refractivity contribution in [1.82, 2.24) is 15.2 Å². The molecule has 1 aromatic heterocycles. The van der Waals surface area contributed by atoms with Gasteiger partial charge in [-0.15, -0.1) is 6.58 Å². The minimum Gasteiger partial charge on any atom is -0.350 e. The number of hydrogen-bond acceptors (Lipinski definition) is 3. The first kappa shape index (κ1) is 13.9. The van der Waals surface area contributed by atoms with Crippen LogP contribution in [0.4, 0.5) is 0 Å². The van der Waals surface area contributed by atoms with Gasteiger partial charge >= 0.3 is 0 Å². The molecule has 0 fully saturated rings. The highest BCUT2D eigenvalue weighted by molar-refractivity contribution is 5.83. The van der Waals surface area contributed by atoms with E-state index in [4.69, 9.17) is 0 Å². The molecular formula is C13H17N3O2. The van der Waals surface area contributed by atoms with E-state index in [9.17, 15) is 9.59 Å². The van der Waals surface area contributed by atoms with Crippen LogP contribution < -0.4 is 5.32 Å². The SMILES string of the molecule is C=CCN(CC(=O)NCc1cccnc1)C(C)=O. The summed E-state index contributed by atoms with van der Waals surface area (Å²) in [5.41, 5.74) is 0.920. The molecule has 1 aromatic rings. The molecule has 0 saturated heterocycles. The summed E-state index contributed by atoms with van der Waals surface area (Å²) in [5, 5.41) is 2.74. The Hall–Kier alpha value is -2.17. The molecule has 0 aliphatic rings. The van der Waals surface area contributed by atoms with E-state index < -0.39 is 0 Å². The Labute approximate surface area is 107 Å². The Kier molecular flexibility index (Phi) is 5.57. The Morgan fingerprint density at radius 1 is 1.56 bits per heavy atom. The van der Waals surface area contributed by atoms with Crippen LogP contribution in [-0.4, -0.2) is 34.8 Å². The van der Waals surface area contributed by atoms with E-state index in [-0.39, 0.29) is 18.4 Å². The second-order valence-corrected chi connectivity index (χ2v) is 3.83. The van der Waals surface area contributed by atoms with Gasteiger partial charge in [0.05, 0.1) is 6.54 Å². The third-order valence-electron chi connectivity index (χ3n) is 2.34. The van der Waals surface area contributed by atoms with Crippen molar-refractivity contribution < 1.29 is 9.59 Å². The van der Waals surface area contributed by atoms with Crippen LogP contribution in [0.3, 0.4) is 0 Å². The summed E-state index contributed by atoms with van der Waals surface area (Å²) in [4.78, 5) is 28.3. The van der Waals surface area contributed by atoms with E-state index in [1.54, 1.807) is 24.5 Å². The second-order valence-electron chi connectivity index (χ2n) is 3.83. The predicted molar refractivity (Wildman–Crippen MR) is 68.5 cm³/mol. The van der Waals surface area contributed by atoms with Crippen molar-refractivity contribution in [3.63, 3.8) is 0 Å². The molecule has 0 spiro atoms. The summed E-state index contributed by atoms with van der Waals surface area (Å²) >= 11 is 0. The van der Waals surface area contributed by atoms with Crippen LogP contribution in [0.25, 0.3) is 0 Å². The molecule has 5 nitrogen and oxygen atoms in total. The van der Waals surface area contributed by atoms with E-state index in [0.717, 1.165) is 5.56 Å². The second kappa shape index (κ2) is 7.21. The van der Waals surface area contributed by atoms with E-state index in [0.29, 0.717) is 13.1 Å². The molecule has 5 heteroatoms. The fourth-order valence-electron chi connectivity index (χ4n) is 1.39. The molecule has 0 aliphatic heterocycles. The minimum absolute atomic E-state index is 0.0433. The van der Waals surface area contributed by atoms with Crippen LogP contribution in [0.5, 0.6) is 0 Å². The zero-order chi connectivity index (χ0) is 13.4. The highest BCUT2D eigenvalue weighted by Crippen LogP contribution is 1.95. The third kappa shape index (κ3) is 4.78. The average Bonchev–Trinajstić information content (AvgIpc) is 2.37. The third-order valence-corrected chi connectivity index (χ3v) is 2.34. The Morgan fingerprint density at radius 3 is 2.89 bits per heavy atom. The van der Waals surface area contributed by atoms with Gasteiger partial charge in [-0.05, 0) is 11.6 Å². The molecule has 0 unspecified atom stereocenters. The standard InChI is InChI=1S/C13H17N3O2/c1-3-7-16(11(2)17)10-13(18)15-9-12-5-4-6-14-8-12/h3-6,8H,1,7,9-10H2,2H3,(H,15,18). The highest BCUT2D eigenvalue weighted by atomic mass is 16.2. The normalized spacial score (nSPS) is 9.61. The Balaban J connectivity index is 2.41. The van der Waals surface area contributed by atoms with Crippen molar-refractivity contribution in [2.45, 2.75) is 13.5 Å². The van der Waals surface area contributed by atoms with Gasteiger partial charge < -0.3 is 10.2 Å². The van der Waals surface area contributed by atoms with Gasteiger partial charge in [0, 0.05) is 32.4 Å². The minimum atomic E-state index is -0.198. The van der Waals surface area contributed by atoms with Crippen LogP contribution in [-0.2, 0) is 16.1 Å². The number of rotatable bonds is 6. The van der Waals surface area contributed by atoms with Crippen molar-refractivity contribution in [3.05, 3.63) is 42.7 Å². The smallest absolute Gasteiger partial charge is 0.239 e. The van der Waals surface area contributed by atoms with Crippen LogP contribution >= 0.6 is 0 Å². The van der Waals surface area contributed by atoms with E-state index in [2.05, 4.69) is 16.9 Å². The van der Waals surface area contributed by atoms with Crippen LogP contribution in [0, 0.1) is 0 Å². The first-order chi connectivity index (χ1) is 8.63. The van der Waals surface area contributed by atoms with Crippen molar-refractivity contribution in [2.24, 2.45) is 0 Å². The van der Waals surface area contributed by atoms with Crippen molar-refractivity contribution in [2.75, 3.05) is 13.1 Å².